The maximum Gasteiger partial charge on any atom is 0.0135 e. The van der Waals surface area contributed by atoms with Gasteiger partial charge in [-0.05, 0) is 17.9 Å². The van der Waals surface area contributed by atoms with Gasteiger partial charge in [-0.25, -0.2) is 0 Å². The molecule has 1 rings (SSSR count). The topological polar surface area (TPSA) is 0 Å². The summed E-state index contributed by atoms with van der Waals surface area (Å²) in [5.41, 5.74) is 0. The van der Waals surface area contributed by atoms with Crippen LogP contribution < -0.4 is 0 Å². The first-order chi connectivity index (χ1) is 4.30. The summed E-state index contributed by atoms with van der Waals surface area (Å²) in [4.78, 5) is 0. The van der Waals surface area contributed by atoms with Crippen molar-refractivity contribution < 1.29 is 0 Å². The molecule has 0 aromatic heterocycles. The van der Waals surface area contributed by atoms with Crippen LogP contribution in [0.4, 0.5) is 0 Å². The maximum absolute atomic E-state index is 2.34. The number of hydrogen-bond donors (Lipinski definition) is 0. The lowest BCUT2D eigenvalue weighted by molar-refractivity contribution is 0.932. The minimum atomic E-state index is 0.873. The molecular formula is C7H14S2. The van der Waals surface area contributed by atoms with Crippen LogP contribution in [-0.4, -0.2) is 22.0 Å². The second-order valence-corrected chi connectivity index (χ2v) is 5.48. The van der Waals surface area contributed by atoms with Crippen LogP contribution in [0.25, 0.3) is 0 Å². The third-order valence-electron chi connectivity index (χ3n) is 1.71. The average Bonchev–Trinajstić information content (AvgIpc) is 1.99. The van der Waals surface area contributed by atoms with Crippen LogP contribution >= 0.6 is 23.5 Å². The molecular weight excluding hydrogens is 148 g/mol. The Morgan fingerprint density at radius 3 is 1.89 bits per heavy atom. The van der Waals surface area contributed by atoms with Gasteiger partial charge in [-0.1, -0.05) is 13.8 Å². The fraction of sp³-hybridized carbons (Fsp3) is 1.00. The minimum absolute atomic E-state index is 0.873. The van der Waals surface area contributed by atoms with Gasteiger partial charge in [0.2, 0.25) is 0 Å². The molecule has 0 aromatic rings. The van der Waals surface area contributed by atoms with Crippen molar-refractivity contribution in [1.82, 2.24) is 0 Å². The van der Waals surface area contributed by atoms with E-state index < -0.39 is 0 Å². The van der Waals surface area contributed by atoms with Crippen LogP contribution in [-0.2, 0) is 0 Å². The molecule has 1 aliphatic rings. The second kappa shape index (κ2) is 3.77. The Morgan fingerprint density at radius 1 is 1.00 bits per heavy atom. The van der Waals surface area contributed by atoms with Gasteiger partial charge in [-0.3, -0.25) is 0 Å². The lowest BCUT2D eigenvalue weighted by Gasteiger charge is -2.13. The summed E-state index contributed by atoms with van der Waals surface area (Å²) in [5, 5.41) is 1.75. The molecule has 1 aliphatic heterocycles. The third-order valence-corrected chi connectivity index (χ3v) is 4.80. The summed E-state index contributed by atoms with van der Waals surface area (Å²) in [6, 6.07) is 0. The Kier molecular flexibility index (Phi) is 3.27. The Labute approximate surface area is 66.2 Å². The first-order valence-electron chi connectivity index (χ1n) is 3.54. The van der Waals surface area contributed by atoms with Crippen LogP contribution in [0.15, 0.2) is 0 Å². The van der Waals surface area contributed by atoms with Crippen molar-refractivity contribution in [3.63, 3.8) is 0 Å². The highest BCUT2D eigenvalue weighted by atomic mass is 32.2. The van der Waals surface area contributed by atoms with Crippen molar-refractivity contribution in [2.24, 2.45) is 0 Å². The zero-order valence-electron chi connectivity index (χ0n) is 6.09. The van der Waals surface area contributed by atoms with E-state index in [2.05, 4.69) is 37.4 Å². The standard InChI is InChI=1S/C7H14S2/c1-6-7(2)9-5-3-4-8-6/h6-7H,3-5H2,1-2H3. The number of rotatable bonds is 0. The van der Waals surface area contributed by atoms with Gasteiger partial charge in [-0.15, -0.1) is 0 Å². The Bertz CT molecular complexity index is 73.0. The third kappa shape index (κ3) is 2.42. The van der Waals surface area contributed by atoms with Crippen LogP contribution in [0, 0.1) is 0 Å². The van der Waals surface area contributed by atoms with Crippen molar-refractivity contribution >= 4 is 23.5 Å². The molecule has 0 aliphatic carbocycles. The normalized spacial score (nSPS) is 38.0. The summed E-state index contributed by atoms with van der Waals surface area (Å²) < 4.78 is 0. The molecule has 0 saturated carbocycles. The van der Waals surface area contributed by atoms with Gasteiger partial charge in [0.15, 0.2) is 0 Å². The number of hydrogen-bond acceptors (Lipinski definition) is 2. The molecule has 0 radical (unpaired) electrons. The Morgan fingerprint density at radius 2 is 1.44 bits per heavy atom. The highest BCUT2D eigenvalue weighted by Crippen LogP contribution is 2.28. The van der Waals surface area contributed by atoms with Gasteiger partial charge in [0.25, 0.3) is 0 Å². The van der Waals surface area contributed by atoms with Crippen LogP contribution in [0.3, 0.4) is 0 Å². The van der Waals surface area contributed by atoms with Crippen LogP contribution in [0.5, 0.6) is 0 Å². The fourth-order valence-corrected chi connectivity index (χ4v) is 3.43. The largest absolute Gasteiger partial charge is 0.158 e. The van der Waals surface area contributed by atoms with Crippen molar-refractivity contribution in [2.75, 3.05) is 11.5 Å². The first kappa shape index (κ1) is 7.80. The summed E-state index contributed by atoms with van der Waals surface area (Å²) in [5.74, 6) is 2.75. The molecule has 2 atom stereocenters. The van der Waals surface area contributed by atoms with E-state index in [9.17, 15) is 0 Å². The van der Waals surface area contributed by atoms with E-state index in [0.717, 1.165) is 10.5 Å². The fourth-order valence-electron chi connectivity index (χ4n) is 0.868. The number of thioether (sulfide) groups is 2. The molecule has 0 bridgehead atoms. The van der Waals surface area contributed by atoms with Gasteiger partial charge in [-0.2, -0.15) is 23.5 Å². The average molecular weight is 162 g/mol. The van der Waals surface area contributed by atoms with Crippen molar-refractivity contribution in [2.45, 2.75) is 30.8 Å². The summed E-state index contributed by atoms with van der Waals surface area (Å²) in [6.45, 7) is 4.68. The smallest absolute Gasteiger partial charge is 0.0135 e. The molecule has 2 unspecified atom stereocenters. The molecule has 0 nitrogen and oxygen atoms in total. The summed E-state index contributed by atoms with van der Waals surface area (Å²) in [7, 11) is 0. The predicted octanol–water partition coefficient (Wildman–Crippen LogP) is 2.63. The maximum atomic E-state index is 2.34. The van der Waals surface area contributed by atoms with Crippen molar-refractivity contribution in [3.05, 3.63) is 0 Å². The quantitative estimate of drug-likeness (QED) is 0.537. The van der Waals surface area contributed by atoms with E-state index in [1.54, 1.807) is 0 Å². The molecule has 0 spiro atoms. The second-order valence-electron chi connectivity index (χ2n) is 2.51. The van der Waals surface area contributed by atoms with Gasteiger partial charge in [0, 0.05) is 10.5 Å². The Hall–Kier alpha value is 0.700. The predicted molar refractivity (Wildman–Crippen MR) is 48.5 cm³/mol. The monoisotopic (exact) mass is 162 g/mol. The molecule has 0 N–H and O–H groups in total. The molecule has 1 heterocycles. The van der Waals surface area contributed by atoms with E-state index in [1.807, 2.05) is 0 Å². The van der Waals surface area contributed by atoms with E-state index in [-0.39, 0.29) is 0 Å². The van der Waals surface area contributed by atoms with E-state index in [1.165, 1.54) is 17.9 Å². The lowest BCUT2D eigenvalue weighted by atomic mass is 10.4. The first-order valence-corrected chi connectivity index (χ1v) is 5.63. The summed E-state index contributed by atoms with van der Waals surface area (Å²) in [6.07, 6.45) is 1.41. The van der Waals surface area contributed by atoms with Crippen molar-refractivity contribution in [1.29, 1.82) is 0 Å². The van der Waals surface area contributed by atoms with Crippen molar-refractivity contribution in [3.8, 4) is 0 Å². The van der Waals surface area contributed by atoms with E-state index in [0.29, 0.717) is 0 Å². The lowest BCUT2D eigenvalue weighted by Crippen LogP contribution is -2.10. The van der Waals surface area contributed by atoms with Crippen LogP contribution in [0.2, 0.25) is 0 Å². The van der Waals surface area contributed by atoms with Gasteiger partial charge in [0.1, 0.15) is 0 Å². The molecule has 0 aromatic carbocycles. The highest BCUT2D eigenvalue weighted by molar-refractivity contribution is 8.04. The van der Waals surface area contributed by atoms with Crippen LogP contribution in [0.1, 0.15) is 20.3 Å². The zero-order chi connectivity index (χ0) is 6.69. The van der Waals surface area contributed by atoms with Gasteiger partial charge >= 0.3 is 0 Å². The molecule has 0 amide bonds. The molecule has 2 heteroatoms. The highest BCUT2D eigenvalue weighted by Gasteiger charge is 2.15. The molecule has 9 heavy (non-hydrogen) atoms. The molecule has 54 valence electrons. The van der Waals surface area contributed by atoms with Gasteiger partial charge in [0.05, 0.1) is 0 Å². The zero-order valence-corrected chi connectivity index (χ0v) is 7.73. The Balaban J connectivity index is 2.32. The molecule has 1 saturated heterocycles. The molecule has 1 fully saturated rings. The van der Waals surface area contributed by atoms with Gasteiger partial charge < -0.3 is 0 Å². The van der Waals surface area contributed by atoms with E-state index >= 15 is 0 Å². The SMILES string of the molecule is CC1SCCCSC1C. The minimum Gasteiger partial charge on any atom is -0.158 e. The summed E-state index contributed by atoms with van der Waals surface area (Å²) >= 11 is 4.25. The van der Waals surface area contributed by atoms with E-state index in [4.69, 9.17) is 0 Å².